The van der Waals surface area contributed by atoms with E-state index in [1.165, 1.54) is 13.8 Å². The highest BCUT2D eigenvalue weighted by Crippen LogP contribution is 2.12. The lowest BCUT2D eigenvalue weighted by Crippen LogP contribution is -2.37. The first kappa shape index (κ1) is 12.5. The molecule has 0 radical (unpaired) electrons. The fourth-order valence-corrected chi connectivity index (χ4v) is 0.981. The summed E-state index contributed by atoms with van der Waals surface area (Å²) >= 11 is -2.71. The lowest BCUT2D eigenvalue weighted by molar-refractivity contribution is -0.159. The quantitative estimate of drug-likeness (QED) is 0.487. The van der Waals surface area contributed by atoms with E-state index in [-0.39, 0.29) is 6.61 Å². The van der Waals surface area contributed by atoms with E-state index < -0.39 is 22.9 Å². The maximum Gasteiger partial charge on any atom is 0.339 e. The predicted octanol–water partition coefficient (Wildman–Crippen LogP) is 0.529. The summed E-state index contributed by atoms with van der Waals surface area (Å²) in [4.78, 5) is 11.1. The molecule has 0 aliphatic heterocycles. The van der Waals surface area contributed by atoms with Crippen LogP contribution in [0, 0.1) is 0 Å². The first-order chi connectivity index (χ1) is 5.90. The molecule has 0 rings (SSSR count). The molecule has 78 valence electrons. The maximum atomic E-state index is 11.1. The minimum Gasteiger partial charge on any atom is -0.750 e. The van der Waals surface area contributed by atoms with Crippen LogP contribution in [-0.4, -0.2) is 26.9 Å². The highest BCUT2D eigenvalue weighted by molar-refractivity contribution is 7.74. The van der Waals surface area contributed by atoms with Crippen LogP contribution >= 0.6 is 0 Å². The second-order valence-corrected chi connectivity index (χ2v) is 3.51. The van der Waals surface area contributed by atoms with Crippen molar-refractivity contribution < 1.29 is 22.5 Å². The summed E-state index contributed by atoms with van der Waals surface area (Å²) in [6, 6.07) is 0. The van der Waals surface area contributed by atoms with Crippen molar-refractivity contribution in [2.24, 2.45) is 0 Å². The van der Waals surface area contributed by atoms with Gasteiger partial charge in [0.05, 0.1) is 18.0 Å². The summed E-state index contributed by atoms with van der Waals surface area (Å²) in [5.41, 5.74) is -1.44. The number of carbonyl (C=O) groups is 1. The molecule has 6 heteroatoms. The molecule has 0 spiro atoms. The molecule has 0 fully saturated rings. The zero-order valence-electron chi connectivity index (χ0n) is 7.86. The van der Waals surface area contributed by atoms with Crippen LogP contribution in [0.15, 0.2) is 0 Å². The van der Waals surface area contributed by atoms with Crippen LogP contribution in [0.4, 0.5) is 0 Å². The summed E-state index contributed by atoms with van der Waals surface area (Å²) in [6.07, 6.45) is 0.683. The molecular formula is C7H13O5S-. The van der Waals surface area contributed by atoms with Crippen molar-refractivity contribution in [3.63, 3.8) is 0 Å². The Morgan fingerprint density at radius 3 is 2.46 bits per heavy atom. The maximum absolute atomic E-state index is 11.1. The molecule has 0 amide bonds. The van der Waals surface area contributed by atoms with E-state index in [4.69, 9.17) is 4.74 Å². The molecule has 0 aromatic carbocycles. The third-order valence-corrected chi connectivity index (χ3v) is 1.76. The molecule has 0 heterocycles. The number of rotatable bonds is 5. The average Bonchev–Trinajstić information content (AvgIpc) is 1.97. The van der Waals surface area contributed by atoms with Crippen LogP contribution < -0.4 is 0 Å². The summed E-state index contributed by atoms with van der Waals surface area (Å²) in [6.45, 7) is 4.77. The first-order valence-electron chi connectivity index (χ1n) is 3.86. The number of ether oxygens (including phenoxy) is 1. The second-order valence-electron chi connectivity index (χ2n) is 2.93. The van der Waals surface area contributed by atoms with Gasteiger partial charge in [0.1, 0.15) is 0 Å². The van der Waals surface area contributed by atoms with Crippen molar-refractivity contribution in [3.05, 3.63) is 0 Å². The van der Waals surface area contributed by atoms with Crippen LogP contribution in [0.3, 0.4) is 0 Å². The minimum absolute atomic E-state index is 0.261. The molecule has 0 saturated carbocycles. The molecular weight excluding hydrogens is 196 g/mol. The standard InChI is InChI=1S/C7H14O5S/c1-4-5-11-6(8)7(2,3)12-13(9)10/h4-5H2,1-3H3,(H,9,10)/p-1. The van der Waals surface area contributed by atoms with Gasteiger partial charge in [-0.3, -0.25) is 4.18 Å². The van der Waals surface area contributed by atoms with Gasteiger partial charge in [0.25, 0.3) is 0 Å². The van der Waals surface area contributed by atoms with Gasteiger partial charge < -0.3 is 9.29 Å². The summed E-state index contributed by atoms with van der Waals surface area (Å²) < 4.78 is 29.4. The number of esters is 1. The van der Waals surface area contributed by atoms with Crippen LogP contribution in [-0.2, 0) is 25.1 Å². The Morgan fingerprint density at radius 2 is 2.08 bits per heavy atom. The Bertz CT molecular complexity index is 201. The Balaban J connectivity index is 4.10. The van der Waals surface area contributed by atoms with Gasteiger partial charge in [-0.15, -0.1) is 0 Å². The van der Waals surface area contributed by atoms with Gasteiger partial charge in [-0.05, 0) is 20.3 Å². The highest BCUT2D eigenvalue weighted by atomic mass is 32.2. The summed E-state index contributed by atoms with van der Waals surface area (Å²) in [5.74, 6) is -0.682. The number of hydrogen-bond acceptors (Lipinski definition) is 5. The molecule has 1 unspecified atom stereocenters. The fraction of sp³-hybridized carbons (Fsp3) is 0.857. The van der Waals surface area contributed by atoms with Crippen molar-refractivity contribution in [2.75, 3.05) is 6.61 Å². The molecule has 0 aliphatic rings. The monoisotopic (exact) mass is 209 g/mol. The third-order valence-electron chi connectivity index (χ3n) is 1.21. The predicted molar refractivity (Wildman–Crippen MR) is 45.3 cm³/mol. The molecule has 5 nitrogen and oxygen atoms in total. The number of carbonyl (C=O) groups excluding carboxylic acids is 1. The lowest BCUT2D eigenvalue weighted by atomic mass is 10.1. The minimum atomic E-state index is -2.71. The van der Waals surface area contributed by atoms with E-state index in [2.05, 4.69) is 4.18 Å². The third kappa shape index (κ3) is 4.97. The summed E-state index contributed by atoms with van der Waals surface area (Å²) in [5, 5.41) is 0. The van der Waals surface area contributed by atoms with E-state index in [0.717, 1.165) is 0 Å². The van der Waals surface area contributed by atoms with E-state index >= 15 is 0 Å². The Hall–Kier alpha value is -0.460. The molecule has 0 aromatic rings. The molecule has 0 bridgehead atoms. The molecule has 13 heavy (non-hydrogen) atoms. The zero-order valence-corrected chi connectivity index (χ0v) is 8.68. The normalized spacial score (nSPS) is 13.8. The van der Waals surface area contributed by atoms with Crippen LogP contribution in [0.25, 0.3) is 0 Å². The average molecular weight is 209 g/mol. The topological polar surface area (TPSA) is 75.7 Å². The Morgan fingerprint density at radius 1 is 1.54 bits per heavy atom. The molecule has 0 saturated heterocycles. The van der Waals surface area contributed by atoms with Gasteiger partial charge in [-0.2, -0.15) is 0 Å². The smallest absolute Gasteiger partial charge is 0.339 e. The van der Waals surface area contributed by atoms with Gasteiger partial charge in [0, 0.05) is 0 Å². The fourth-order valence-electron chi connectivity index (χ4n) is 0.573. The van der Waals surface area contributed by atoms with E-state index in [1.807, 2.05) is 6.92 Å². The van der Waals surface area contributed by atoms with Crippen LogP contribution in [0.2, 0.25) is 0 Å². The first-order valence-corrected chi connectivity index (χ1v) is 4.86. The van der Waals surface area contributed by atoms with Crippen molar-refractivity contribution in [1.82, 2.24) is 0 Å². The Labute approximate surface area is 79.9 Å². The molecule has 0 aromatic heterocycles. The van der Waals surface area contributed by atoms with Gasteiger partial charge in [0.2, 0.25) is 0 Å². The largest absolute Gasteiger partial charge is 0.750 e. The van der Waals surface area contributed by atoms with E-state index in [0.29, 0.717) is 6.42 Å². The molecule has 1 atom stereocenters. The van der Waals surface area contributed by atoms with Crippen LogP contribution in [0.1, 0.15) is 27.2 Å². The van der Waals surface area contributed by atoms with Gasteiger partial charge in [-0.25, -0.2) is 9.00 Å². The van der Waals surface area contributed by atoms with E-state index in [1.54, 1.807) is 0 Å². The zero-order chi connectivity index (χ0) is 10.5. The lowest BCUT2D eigenvalue weighted by Gasteiger charge is -2.23. The summed E-state index contributed by atoms with van der Waals surface area (Å²) in [7, 11) is 0. The van der Waals surface area contributed by atoms with Gasteiger partial charge in [-0.1, -0.05) is 6.92 Å². The second kappa shape index (κ2) is 5.31. The van der Waals surface area contributed by atoms with Crippen molar-refractivity contribution in [1.29, 1.82) is 0 Å². The Kier molecular flexibility index (Phi) is 5.12. The van der Waals surface area contributed by atoms with Gasteiger partial charge >= 0.3 is 5.97 Å². The molecule has 0 N–H and O–H groups in total. The van der Waals surface area contributed by atoms with Crippen molar-refractivity contribution in [2.45, 2.75) is 32.8 Å². The highest BCUT2D eigenvalue weighted by Gasteiger charge is 2.31. The number of hydrogen-bond donors (Lipinski definition) is 0. The van der Waals surface area contributed by atoms with E-state index in [9.17, 15) is 13.6 Å². The van der Waals surface area contributed by atoms with Crippen molar-refractivity contribution in [3.8, 4) is 0 Å². The molecule has 0 aliphatic carbocycles. The SMILES string of the molecule is CCCOC(=O)C(C)(C)OS(=O)[O-]. The van der Waals surface area contributed by atoms with Crippen molar-refractivity contribution >= 4 is 17.3 Å². The van der Waals surface area contributed by atoms with Crippen LogP contribution in [0.5, 0.6) is 0 Å². The van der Waals surface area contributed by atoms with Gasteiger partial charge in [0.15, 0.2) is 5.60 Å².